The fraction of sp³-hybridized carbons (Fsp3) is 0.778. The highest BCUT2D eigenvalue weighted by Gasteiger charge is 2.22. The van der Waals surface area contributed by atoms with Crippen LogP contribution in [0.1, 0.15) is 12.8 Å². The van der Waals surface area contributed by atoms with E-state index < -0.39 is 48.8 Å². The van der Waals surface area contributed by atoms with Gasteiger partial charge >= 0.3 is 23.9 Å². The van der Waals surface area contributed by atoms with Crippen LogP contribution in [0, 0.1) is 0 Å². The summed E-state index contributed by atoms with van der Waals surface area (Å²) in [4.78, 5) is 42.2. The van der Waals surface area contributed by atoms with Crippen LogP contribution in [0.25, 0.3) is 0 Å². The van der Waals surface area contributed by atoms with Crippen LogP contribution in [0.3, 0.4) is 0 Å². The van der Waals surface area contributed by atoms with Gasteiger partial charge < -0.3 is 74.4 Å². The first-order chi connectivity index (χ1) is 16.9. The maximum absolute atomic E-state index is 10.7. The van der Waals surface area contributed by atoms with Crippen LogP contribution < -0.4 is 33.6 Å². The predicted molar refractivity (Wildman–Crippen MR) is 128 cm³/mol. The monoisotopic (exact) mass is 536 g/mol. The van der Waals surface area contributed by atoms with Crippen LogP contribution in [0.4, 0.5) is 0 Å². The summed E-state index contributed by atoms with van der Waals surface area (Å²) in [7, 11) is 0. The van der Waals surface area contributed by atoms with Crippen LogP contribution in [-0.4, -0.2) is 143 Å². The maximum Gasteiger partial charge on any atom is 0.321 e. The fourth-order valence-corrected chi connectivity index (χ4v) is 1.34. The van der Waals surface area contributed by atoms with Gasteiger partial charge in [0.25, 0.3) is 0 Å². The van der Waals surface area contributed by atoms with Gasteiger partial charge in [0.1, 0.15) is 12.1 Å². The van der Waals surface area contributed by atoms with Crippen molar-refractivity contribution < 1.29 is 60.0 Å². The normalized spacial score (nSPS) is 10.8. The molecule has 18 N–H and O–H groups in total. The zero-order chi connectivity index (χ0) is 29.4. The van der Waals surface area contributed by atoms with E-state index in [1.807, 2.05) is 0 Å². The third kappa shape index (κ3) is 48.8. The molecule has 0 aliphatic heterocycles. The Hall–Kier alpha value is -2.52. The van der Waals surface area contributed by atoms with Crippen molar-refractivity contribution in [3.05, 3.63) is 0 Å². The summed E-state index contributed by atoms with van der Waals surface area (Å²) < 4.78 is 0. The van der Waals surface area contributed by atoms with Gasteiger partial charge in [-0.25, -0.2) is 0 Å². The molecule has 0 aliphatic rings. The smallest absolute Gasteiger partial charge is 0.321 e. The lowest BCUT2D eigenvalue weighted by atomic mass is 10.2. The summed E-state index contributed by atoms with van der Waals surface area (Å²) in [6.45, 7) is 1.85. The Labute approximate surface area is 208 Å². The quantitative estimate of drug-likeness (QED) is 0.0864. The van der Waals surface area contributed by atoms with E-state index in [-0.39, 0.29) is 39.5 Å². The average molecular weight is 537 g/mol. The van der Waals surface area contributed by atoms with Crippen LogP contribution in [-0.2, 0) is 19.2 Å². The fourth-order valence-electron chi connectivity index (χ4n) is 1.34. The zero-order valence-corrected chi connectivity index (χ0v) is 20.2. The van der Waals surface area contributed by atoms with E-state index in [9.17, 15) is 19.2 Å². The van der Waals surface area contributed by atoms with Crippen molar-refractivity contribution in [1.29, 1.82) is 0 Å². The van der Waals surface area contributed by atoms with E-state index in [1.54, 1.807) is 0 Å². The largest absolute Gasteiger partial charge is 0.481 e. The van der Waals surface area contributed by atoms with Crippen molar-refractivity contribution in [2.45, 2.75) is 24.9 Å². The van der Waals surface area contributed by atoms with Crippen molar-refractivity contribution in [3.63, 3.8) is 0 Å². The number of carbonyl (C=O) groups is 4. The number of rotatable bonds is 15. The van der Waals surface area contributed by atoms with Crippen LogP contribution in [0.2, 0.25) is 0 Å². The molecule has 0 unspecified atom stereocenters. The molecule has 0 amide bonds. The highest BCUT2D eigenvalue weighted by molar-refractivity contribution is 5.81. The molecule has 0 rings (SSSR count). The number of nitrogens with one attached hydrogen (secondary N) is 2. The Kier molecular flexibility index (Phi) is 44.8. The molecule has 0 aromatic heterocycles. The van der Waals surface area contributed by atoms with E-state index in [4.69, 9.17) is 63.8 Å². The Morgan fingerprint density at radius 2 is 0.722 bits per heavy atom. The Bertz CT molecular complexity index is 457. The second-order valence-electron chi connectivity index (χ2n) is 5.93. The molecule has 218 valence electrons. The van der Waals surface area contributed by atoms with Gasteiger partial charge in [-0.1, -0.05) is 0 Å². The standard InChI is InChI=1S/C10H16N2O8.4C2H7NO/c13-7(14)3-5(9(17)18)11-1-2-12-6(10(19)20)4-8(15)16;4*3-1-2-4/h5-6,11-12H,1-4H2,(H,13,14)(H,15,16)(H,17,18)(H,19,20);4*4H,1-3H2/t5-,6-;;;;/m0..../s1. The van der Waals surface area contributed by atoms with Crippen molar-refractivity contribution in [1.82, 2.24) is 10.6 Å². The number of carboxylic acid groups (broad SMARTS) is 4. The minimum Gasteiger partial charge on any atom is -0.481 e. The summed E-state index contributed by atoms with van der Waals surface area (Å²) in [6, 6.07) is -2.59. The SMILES string of the molecule is NCCO.NCCO.NCCO.NCCO.O=C(O)C[C@H](NCCN[C@@H](CC(=O)O)C(=O)O)C(=O)O. The number of hydrogen-bond acceptors (Lipinski definition) is 14. The lowest BCUT2D eigenvalue weighted by Crippen LogP contribution is -2.45. The topological polar surface area (TPSA) is 358 Å². The van der Waals surface area contributed by atoms with E-state index in [2.05, 4.69) is 10.6 Å². The molecular weight excluding hydrogens is 492 g/mol. The third-order valence-electron chi connectivity index (χ3n) is 2.78. The molecule has 0 bridgehead atoms. The van der Waals surface area contributed by atoms with E-state index in [1.165, 1.54) is 0 Å². The van der Waals surface area contributed by atoms with Crippen LogP contribution >= 0.6 is 0 Å². The van der Waals surface area contributed by atoms with Gasteiger partial charge in [-0.2, -0.15) is 0 Å². The molecule has 0 saturated heterocycles. The number of hydrogen-bond donors (Lipinski definition) is 14. The summed E-state index contributed by atoms with van der Waals surface area (Å²) in [5.74, 6) is -5.25. The molecule has 0 aromatic rings. The highest BCUT2D eigenvalue weighted by atomic mass is 16.4. The number of carboxylic acids is 4. The number of aliphatic carboxylic acids is 4. The zero-order valence-electron chi connectivity index (χ0n) is 20.2. The lowest BCUT2D eigenvalue weighted by Gasteiger charge is -2.15. The number of aliphatic hydroxyl groups excluding tert-OH is 4. The predicted octanol–water partition coefficient (Wildman–Crippen LogP) is -6.23. The Balaban J connectivity index is -0.000000161. The summed E-state index contributed by atoms with van der Waals surface area (Å²) in [6.07, 6.45) is -1.24. The van der Waals surface area contributed by atoms with Crippen LogP contribution in [0.5, 0.6) is 0 Å². The number of nitrogens with two attached hydrogens (primary N) is 4. The van der Waals surface area contributed by atoms with Gasteiger partial charge in [0.2, 0.25) is 0 Å². The molecule has 2 atom stereocenters. The summed E-state index contributed by atoms with van der Waals surface area (Å²) >= 11 is 0. The number of aliphatic hydroxyl groups is 4. The molecular formula is C18H44N6O12. The highest BCUT2D eigenvalue weighted by Crippen LogP contribution is 1.94. The van der Waals surface area contributed by atoms with Crippen LogP contribution in [0.15, 0.2) is 0 Å². The molecule has 0 aliphatic carbocycles. The van der Waals surface area contributed by atoms with Gasteiger partial charge in [-0.05, 0) is 0 Å². The second kappa shape index (κ2) is 37.0. The van der Waals surface area contributed by atoms with Crippen molar-refractivity contribution in [2.75, 3.05) is 65.7 Å². The van der Waals surface area contributed by atoms with Crippen molar-refractivity contribution in [3.8, 4) is 0 Å². The molecule has 0 radical (unpaired) electrons. The van der Waals surface area contributed by atoms with E-state index in [0.717, 1.165) is 0 Å². The van der Waals surface area contributed by atoms with Gasteiger partial charge in [-0.15, -0.1) is 0 Å². The average Bonchev–Trinajstić information content (AvgIpc) is 2.84. The summed E-state index contributed by atoms with van der Waals surface area (Å²) in [5, 5.41) is 70.2. The summed E-state index contributed by atoms with van der Waals surface area (Å²) in [5.41, 5.74) is 19.1. The molecule has 18 heteroatoms. The maximum atomic E-state index is 10.7. The molecule has 36 heavy (non-hydrogen) atoms. The van der Waals surface area contributed by atoms with E-state index in [0.29, 0.717) is 26.2 Å². The third-order valence-corrected chi connectivity index (χ3v) is 2.78. The van der Waals surface area contributed by atoms with Gasteiger partial charge in [0.15, 0.2) is 0 Å². The van der Waals surface area contributed by atoms with Crippen molar-refractivity contribution >= 4 is 23.9 Å². The Morgan fingerprint density at radius 3 is 0.833 bits per heavy atom. The molecule has 0 spiro atoms. The molecule has 0 heterocycles. The minimum absolute atomic E-state index is 0.0202. The molecule has 18 nitrogen and oxygen atoms in total. The first kappa shape index (κ1) is 43.5. The molecule has 0 fully saturated rings. The lowest BCUT2D eigenvalue weighted by molar-refractivity contribution is -0.146. The minimum atomic E-state index is -1.34. The van der Waals surface area contributed by atoms with Gasteiger partial charge in [-0.3, -0.25) is 19.2 Å². The van der Waals surface area contributed by atoms with Crippen molar-refractivity contribution in [2.24, 2.45) is 22.9 Å². The van der Waals surface area contributed by atoms with E-state index >= 15 is 0 Å². The molecule has 0 saturated carbocycles. The Morgan fingerprint density at radius 1 is 0.528 bits per heavy atom. The first-order valence-corrected chi connectivity index (χ1v) is 10.5. The second-order valence-corrected chi connectivity index (χ2v) is 5.93. The van der Waals surface area contributed by atoms with Gasteiger partial charge in [0.05, 0.1) is 39.3 Å². The van der Waals surface area contributed by atoms with Gasteiger partial charge in [0, 0.05) is 39.3 Å². The first-order valence-electron chi connectivity index (χ1n) is 10.5. The molecule has 0 aromatic carbocycles.